The minimum Gasteiger partial charge on any atom is -0.325 e. The van der Waals surface area contributed by atoms with Crippen molar-refractivity contribution in [3.05, 3.63) is 58.6 Å². The Morgan fingerprint density at radius 2 is 1.81 bits per heavy atom. The van der Waals surface area contributed by atoms with E-state index in [2.05, 4.69) is 28.2 Å². The summed E-state index contributed by atoms with van der Waals surface area (Å²) in [5, 5.41) is 2.85. The summed E-state index contributed by atoms with van der Waals surface area (Å²) in [6.45, 7) is 2.42. The van der Waals surface area contributed by atoms with Crippen LogP contribution in [-0.2, 0) is 21.2 Å². The molecule has 1 N–H and O–H groups in total. The first kappa shape index (κ1) is 19.1. The summed E-state index contributed by atoms with van der Waals surface area (Å²) in [7, 11) is -3.70. The van der Waals surface area contributed by atoms with Crippen LogP contribution in [0.3, 0.4) is 0 Å². The third kappa shape index (κ3) is 4.00. The number of benzene rings is 2. The van der Waals surface area contributed by atoms with Gasteiger partial charge in [0.15, 0.2) is 0 Å². The number of halogens is 1. The third-order valence-electron chi connectivity index (χ3n) is 4.56. The summed E-state index contributed by atoms with van der Waals surface area (Å²) in [5.41, 5.74) is 1.86. The molecule has 1 fully saturated rings. The molecule has 3 rings (SSSR count). The van der Waals surface area contributed by atoms with E-state index in [0.29, 0.717) is 25.1 Å². The highest BCUT2D eigenvalue weighted by atomic mass is 79.9. The first-order valence-electron chi connectivity index (χ1n) is 8.59. The number of rotatable bonds is 5. The van der Waals surface area contributed by atoms with Crippen LogP contribution >= 0.6 is 15.9 Å². The SMILES string of the molecule is CCc1ccc(NC(=O)C2CCCN2S(=O)(=O)c2ccc(Br)cc2)cc1. The van der Waals surface area contributed by atoms with Gasteiger partial charge in [-0.05, 0) is 61.2 Å². The quantitative estimate of drug-likeness (QED) is 0.774. The van der Waals surface area contributed by atoms with E-state index in [9.17, 15) is 13.2 Å². The molecule has 0 radical (unpaired) electrons. The van der Waals surface area contributed by atoms with E-state index in [4.69, 9.17) is 0 Å². The highest BCUT2D eigenvalue weighted by molar-refractivity contribution is 9.10. The number of carbonyl (C=O) groups is 1. The molecule has 0 aliphatic carbocycles. The first-order chi connectivity index (χ1) is 12.4. The molecule has 7 heteroatoms. The van der Waals surface area contributed by atoms with E-state index in [1.54, 1.807) is 24.3 Å². The monoisotopic (exact) mass is 436 g/mol. The Morgan fingerprint density at radius 1 is 1.15 bits per heavy atom. The van der Waals surface area contributed by atoms with Crippen molar-refractivity contribution in [2.45, 2.75) is 37.1 Å². The van der Waals surface area contributed by atoms with E-state index < -0.39 is 16.1 Å². The topological polar surface area (TPSA) is 66.5 Å². The van der Waals surface area contributed by atoms with Gasteiger partial charge in [-0.1, -0.05) is 35.0 Å². The zero-order valence-electron chi connectivity index (χ0n) is 14.5. The molecule has 0 bridgehead atoms. The number of anilines is 1. The lowest BCUT2D eigenvalue weighted by Gasteiger charge is -2.23. The van der Waals surface area contributed by atoms with Crippen molar-refractivity contribution in [3.8, 4) is 0 Å². The van der Waals surface area contributed by atoms with Gasteiger partial charge in [0.1, 0.15) is 6.04 Å². The summed E-state index contributed by atoms with van der Waals surface area (Å²) >= 11 is 3.31. The molecule has 26 heavy (non-hydrogen) atoms. The Bertz CT molecular complexity index is 880. The summed E-state index contributed by atoms with van der Waals surface area (Å²) in [6.07, 6.45) is 2.12. The molecule has 2 aromatic rings. The normalized spacial score (nSPS) is 18.0. The zero-order chi connectivity index (χ0) is 18.7. The van der Waals surface area contributed by atoms with Crippen molar-refractivity contribution in [3.63, 3.8) is 0 Å². The molecule has 2 aromatic carbocycles. The Morgan fingerprint density at radius 3 is 2.42 bits per heavy atom. The van der Waals surface area contributed by atoms with E-state index in [-0.39, 0.29) is 10.8 Å². The average Bonchev–Trinajstić information content (AvgIpc) is 3.13. The Balaban J connectivity index is 1.78. The van der Waals surface area contributed by atoms with Crippen LogP contribution in [0.4, 0.5) is 5.69 Å². The van der Waals surface area contributed by atoms with E-state index in [0.717, 1.165) is 10.9 Å². The highest BCUT2D eigenvalue weighted by Gasteiger charge is 2.39. The van der Waals surface area contributed by atoms with Crippen molar-refractivity contribution in [1.29, 1.82) is 0 Å². The van der Waals surface area contributed by atoms with Crippen molar-refractivity contribution in [2.24, 2.45) is 0 Å². The van der Waals surface area contributed by atoms with Crippen LogP contribution in [-0.4, -0.2) is 31.2 Å². The Labute approximate surface area is 162 Å². The highest BCUT2D eigenvalue weighted by Crippen LogP contribution is 2.27. The predicted octanol–water partition coefficient (Wildman–Crippen LogP) is 3.80. The van der Waals surface area contributed by atoms with E-state index in [1.165, 1.54) is 9.87 Å². The third-order valence-corrected chi connectivity index (χ3v) is 7.01. The summed E-state index contributed by atoms with van der Waals surface area (Å²) < 4.78 is 28.0. The number of carbonyl (C=O) groups excluding carboxylic acids is 1. The molecule has 5 nitrogen and oxygen atoms in total. The molecule has 1 heterocycles. The van der Waals surface area contributed by atoms with Gasteiger partial charge in [0.2, 0.25) is 15.9 Å². The van der Waals surface area contributed by atoms with Crippen molar-refractivity contribution < 1.29 is 13.2 Å². The van der Waals surface area contributed by atoms with Gasteiger partial charge in [-0.2, -0.15) is 4.31 Å². The van der Waals surface area contributed by atoms with Gasteiger partial charge in [-0.25, -0.2) is 8.42 Å². The van der Waals surface area contributed by atoms with Gasteiger partial charge >= 0.3 is 0 Å². The number of nitrogens with zero attached hydrogens (tertiary/aromatic N) is 1. The van der Waals surface area contributed by atoms with Crippen molar-refractivity contribution in [2.75, 3.05) is 11.9 Å². The van der Waals surface area contributed by atoms with Crippen molar-refractivity contribution in [1.82, 2.24) is 4.31 Å². The maximum Gasteiger partial charge on any atom is 0.243 e. The number of sulfonamides is 1. The average molecular weight is 437 g/mol. The zero-order valence-corrected chi connectivity index (χ0v) is 16.9. The molecule has 0 spiro atoms. The predicted molar refractivity (Wildman–Crippen MR) is 106 cm³/mol. The van der Waals surface area contributed by atoms with E-state index in [1.807, 2.05) is 24.3 Å². The second-order valence-corrected chi connectivity index (χ2v) is 9.07. The largest absolute Gasteiger partial charge is 0.325 e. The molecule has 1 aliphatic rings. The van der Waals surface area contributed by atoms with Gasteiger partial charge in [0.05, 0.1) is 4.90 Å². The minimum atomic E-state index is -3.70. The molecule has 1 saturated heterocycles. The van der Waals surface area contributed by atoms with Gasteiger partial charge in [-0.3, -0.25) is 4.79 Å². The molecular formula is C19H21BrN2O3S. The molecule has 1 aliphatic heterocycles. The van der Waals surface area contributed by atoms with Crippen LogP contribution in [0, 0.1) is 0 Å². The van der Waals surface area contributed by atoms with Crippen LogP contribution < -0.4 is 5.32 Å². The molecule has 1 unspecified atom stereocenters. The first-order valence-corrected chi connectivity index (χ1v) is 10.8. The fourth-order valence-corrected chi connectivity index (χ4v) is 5.00. The minimum absolute atomic E-state index is 0.202. The number of hydrogen-bond donors (Lipinski definition) is 1. The van der Waals surface area contributed by atoms with E-state index >= 15 is 0 Å². The number of aryl methyl sites for hydroxylation is 1. The fraction of sp³-hybridized carbons (Fsp3) is 0.316. The van der Waals surface area contributed by atoms with Gasteiger partial charge in [0, 0.05) is 16.7 Å². The van der Waals surface area contributed by atoms with Crippen LogP contribution in [0.1, 0.15) is 25.3 Å². The lowest BCUT2D eigenvalue weighted by atomic mass is 10.1. The summed E-state index contributed by atoms with van der Waals surface area (Å²) in [4.78, 5) is 12.9. The smallest absolute Gasteiger partial charge is 0.243 e. The Hall–Kier alpha value is -1.70. The lowest BCUT2D eigenvalue weighted by Crippen LogP contribution is -2.43. The van der Waals surface area contributed by atoms with Gasteiger partial charge in [-0.15, -0.1) is 0 Å². The summed E-state index contributed by atoms with van der Waals surface area (Å²) in [5.74, 6) is -0.285. The fourth-order valence-electron chi connectivity index (χ4n) is 3.08. The Kier molecular flexibility index (Phi) is 5.79. The molecule has 1 amide bonds. The van der Waals surface area contributed by atoms with Crippen LogP contribution in [0.2, 0.25) is 0 Å². The van der Waals surface area contributed by atoms with Gasteiger partial charge < -0.3 is 5.32 Å². The molecule has 0 saturated carbocycles. The van der Waals surface area contributed by atoms with Crippen LogP contribution in [0.15, 0.2) is 57.9 Å². The maximum atomic E-state index is 12.9. The molecular weight excluding hydrogens is 416 g/mol. The van der Waals surface area contributed by atoms with Crippen LogP contribution in [0.25, 0.3) is 0 Å². The second-order valence-electron chi connectivity index (χ2n) is 6.27. The molecule has 0 aromatic heterocycles. The molecule has 138 valence electrons. The van der Waals surface area contributed by atoms with Crippen LogP contribution in [0.5, 0.6) is 0 Å². The number of amides is 1. The van der Waals surface area contributed by atoms with Crippen molar-refractivity contribution >= 4 is 37.5 Å². The molecule has 1 atom stereocenters. The second kappa shape index (κ2) is 7.90. The standard InChI is InChI=1S/C19H21BrN2O3S/c1-2-14-5-9-16(10-6-14)21-19(23)18-4-3-13-22(18)26(24,25)17-11-7-15(20)8-12-17/h5-12,18H,2-4,13H2,1H3,(H,21,23). The van der Waals surface area contributed by atoms with Gasteiger partial charge in [0.25, 0.3) is 0 Å². The maximum absolute atomic E-state index is 12.9. The summed E-state index contributed by atoms with van der Waals surface area (Å²) in [6, 6.07) is 13.4. The number of hydrogen-bond acceptors (Lipinski definition) is 3. The number of nitrogens with one attached hydrogen (secondary N) is 1. The lowest BCUT2D eigenvalue weighted by molar-refractivity contribution is -0.119.